The first kappa shape index (κ1) is 22.6. The molecule has 28 heavy (non-hydrogen) atoms. The van der Waals surface area contributed by atoms with Crippen LogP contribution in [0.3, 0.4) is 0 Å². The molecule has 0 aliphatic rings. The third kappa shape index (κ3) is 8.81. The van der Waals surface area contributed by atoms with Crippen LogP contribution in [0, 0.1) is 0 Å². The van der Waals surface area contributed by atoms with Crippen molar-refractivity contribution in [2.45, 2.75) is 0 Å². The molecule has 0 unspecified atom stereocenters. The fourth-order valence-corrected chi connectivity index (χ4v) is 1.97. The minimum Gasteiger partial charge on any atom is -0.545 e. The summed E-state index contributed by atoms with van der Waals surface area (Å²) in [6.45, 7) is 0. The van der Waals surface area contributed by atoms with Gasteiger partial charge in [0.1, 0.15) is 0 Å². The molecule has 0 spiro atoms. The molecule has 1 N–H and O–H groups in total. The van der Waals surface area contributed by atoms with E-state index in [1.165, 1.54) is 24.3 Å². The van der Waals surface area contributed by atoms with Crippen molar-refractivity contribution < 1.29 is 29.7 Å². The standard InChI is InChI=1S/2C7H6O2.C7H5O2.Al/c3*8-7(9)6-4-2-1-3-5-6;/h2*1-5H,(H,8,9);2-5H,(H,8,9);/q;;;+2/p-2. The van der Waals surface area contributed by atoms with Gasteiger partial charge in [-0.25, -0.2) is 0 Å². The Morgan fingerprint density at radius 1 is 0.607 bits per heavy atom. The maximum Gasteiger partial charge on any atom is 0.0715 e. The van der Waals surface area contributed by atoms with Crippen molar-refractivity contribution in [3.8, 4) is 0 Å². The number of aromatic carboxylic acids is 3. The van der Waals surface area contributed by atoms with Gasteiger partial charge in [-0.2, -0.15) is 0 Å². The van der Waals surface area contributed by atoms with Crippen LogP contribution in [0.25, 0.3) is 0 Å². The molecule has 0 bridgehead atoms. The number of benzene rings is 3. The smallest absolute Gasteiger partial charge is 0.0715 e. The summed E-state index contributed by atoms with van der Waals surface area (Å²) in [7, 11) is 0. The Morgan fingerprint density at radius 2 is 0.964 bits per heavy atom. The molecule has 6 nitrogen and oxygen atoms in total. The molecule has 0 heterocycles. The summed E-state index contributed by atoms with van der Waals surface area (Å²) in [6, 6.07) is 22.8. The summed E-state index contributed by atoms with van der Waals surface area (Å²) < 4.78 is 0.991. The van der Waals surface area contributed by atoms with Gasteiger partial charge in [-0.1, -0.05) is 60.7 Å². The molecule has 0 aromatic heterocycles. The van der Waals surface area contributed by atoms with Gasteiger partial charge in [-0.3, -0.25) is 0 Å². The number of carbonyl (C=O) groups is 3. The van der Waals surface area contributed by atoms with Crippen LogP contribution in [0.5, 0.6) is 0 Å². The molecule has 3 aromatic carbocycles. The number of carboxylic acid groups (broad SMARTS) is 3. The molecule has 0 saturated carbocycles. The zero-order valence-electron chi connectivity index (χ0n) is 14.6. The van der Waals surface area contributed by atoms with E-state index in [0.29, 0.717) is 5.56 Å². The molecule has 0 atom stereocenters. The predicted molar refractivity (Wildman–Crippen MR) is 100 cm³/mol. The molecule has 7 heteroatoms. The summed E-state index contributed by atoms with van der Waals surface area (Å²) in [5, 5.41) is 28.6. The van der Waals surface area contributed by atoms with Gasteiger partial charge >= 0.3 is 66.4 Å². The van der Waals surface area contributed by atoms with E-state index in [1.54, 1.807) is 60.7 Å². The van der Waals surface area contributed by atoms with Crippen molar-refractivity contribution in [2.75, 3.05) is 0 Å². The first-order valence-electron chi connectivity index (χ1n) is 7.93. The Balaban J connectivity index is 0.000000210. The molecule has 0 amide bonds. The van der Waals surface area contributed by atoms with Crippen LogP contribution in [0.2, 0.25) is 0 Å². The van der Waals surface area contributed by atoms with Crippen LogP contribution in [-0.4, -0.2) is 39.3 Å². The summed E-state index contributed by atoms with van der Waals surface area (Å²) in [5.74, 6) is -3.14. The molecule has 0 fully saturated rings. The SMILES string of the molecule is O=C(O)c1cc[c]([Al+2])cc1.O=C([O-])c1ccccc1.O=C([O-])c1ccccc1. The minimum atomic E-state index is -1.13. The van der Waals surface area contributed by atoms with Crippen molar-refractivity contribution in [2.24, 2.45) is 0 Å². The molecule has 138 valence electrons. The van der Waals surface area contributed by atoms with Crippen LogP contribution in [0.4, 0.5) is 0 Å². The van der Waals surface area contributed by atoms with Crippen molar-refractivity contribution >= 4 is 38.6 Å². The number of hydrogen-bond donors (Lipinski definition) is 1. The monoisotopic (exact) mass is 390 g/mol. The minimum absolute atomic E-state index is 0.220. The van der Waals surface area contributed by atoms with Crippen LogP contribution in [-0.2, 0) is 0 Å². The average molecular weight is 390 g/mol. The van der Waals surface area contributed by atoms with E-state index in [2.05, 4.69) is 16.3 Å². The second-order valence-electron chi connectivity index (χ2n) is 5.23. The first-order valence-corrected chi connectivity index (χ1v) is 8.50. The zero-order valence-corrected chi connectivity index (χ0v) is 15.8. The third-order valence-electron chi connectivity index (χ3n) is 3.18. The van der Waals surface area contributed by atoms with Gasteiger partial charge in [0.05, 0.1) is 11.9 Å². The van der Waals surface area contributed by atoms with E-state index in [1.807, 2.05) is 0 Å². The second kappa shape index (κ2) is 12.1. The van der Waals surface area contributed by atoms with Crippen molar-refractivity contribution in [3.05, 3.63) is 102 Å². The zero-order chi connectivity index (χ0) is 20.9. The summed E-state index contributed by atoms with van der Waals surface area (Å²) in [4.78, 5) is 30.5. The van der Waals surface area contributed by atoms with E-state index in [0.717, 1.165) is 4.43 Å². The maximum atomic E-state index is 10.3. The first-order chi connectivity index (χ1) is 13.3. The summed E-state index contributed by atoms with van der Waals surface area (Å²) in [6.07, 6.45) is 0. The Hall–Kier alpha value is -3.40. The van der Waals surface area contributed by atoms with Gasteiger partial charge < -0.3 is 19.8 Å². The predicted octanol–water partition coefficient (Wildman–Crippen LogP) is 0.279. The van der Waals surface area contributed by atoms with Gasteiger partial charge in [-0.15, -0.1) is 0 Å². The van der Waals surface area contributed by atoms with Crippen molar-refractivity contribution in [1.82, 2.24) is 0 Å². The van der Waals surface area contributed by atoms with E-state index < -0.39 is 17.9 Å². The number of hydrogen-bond acceptors (Lipinski definition) is 5. The Bertz CT molecular complexity index is 844. The Labute approximate surface area is 170 Å². The quantitative estimate of drug-likeness (QED) is 0.642. The molecular formula is C21H15AlO6. The van der Waals surface area contributed by atoms with Crippen LogP contribution in [0.1, 0.15) is 31.1 Å². The van der Waals surface area contributed by atoms with E-state index >= 15 is 0 Å². The normalized spacial score (nSPS) is 9.07. The number of rotatable bonds is 3. The van der Waals surface area contributed by atoms with Gasteiger partial charge in [0.15, 0.2) is 0 Å². The van der Waals surface area contributed by atoms with Crippen LogP contribution in [0.15, 0.2) is 84.9 Å². The van der Waals surface area contributed by atoms with Crippen LogP contribution < -0.4 is 14.6 Å². The molecule has 3 aromatic rings. The molecule has 0 aliphatic carbocycles. The van der Waals surface area contributed by atoms with Crippen LogP contribution >= 0.6 is 0 Å². The van der Waals surface area contributed by atoms with E-state index in [-0.39, 0.29) is 11.1 Å². The third-order valence-corrected chi connectivity index (χ3v) is 3.56. The van der Waals surface area contributed by atoms with Crippen molar-refractivity contribution in [3.63, 3.8) is 0 Å². The number of carboxylic acids is 3. The summed E-state index contributed by atoms with van der Waals surface area (Å²) in [5.41, 5.74) is 0.765. The van der Waals surface area contributed by atoms with Gasteiger partial charge in [0, 0.05) is 0 Å². The largest absolute Gasteiger partial charge is 0.545 e. The maximum absolute atomic E-state index is 10.3. The molecule has 0 aliphatic heterocycles. The van der Waals surface area contributed by atoms with Gasteiger partial charge in [0.2, 0.25) is 0 Å². The molecular weight excluding hydrogens is 375 g/mol. The van der Waals surface area contributed by atoms with Gasteiger partial charge in [-0.05, 0) is 11.1 Å². The van der Waals surface area contributed by atoms with E-state index in [4.69, 9.17) is 5.11 Å². The molecule has 0 saturated heterocycles. The van der Waals surface area contributed by atoms with Gasteiger partial charge in [0.25, 0.3) is 0 Å². The summed E-state index contributed by atoms with van der Waals surface area (Å²) >= 11 is 2.49. The van der Waals surface area contributed by atoms with E-state index in [9.17, 15) is 24.6 Å². The fourth-order valence-electron chi connectivity index (χ4n) is 1.77. The Morgan fingerprint density at radius 3 is 1.21 bits per heavy atom. The molecule has 3 rings (SSSR count). The van der Waals surface area contributed by atoms with Crippen molar-refractivity contribution in [1.29, 1.82) is 0 Å². The average Bonchev–Trinajstić information content (AvgIpc) is 2.70. The fraction of sp³-hybridized carbons (Fsp3) is 0. The molecule has 0 radical (unpaired) electrons. The second-order valence-corrected chi connectivity index (χ2v) is 5.90. The Kier molecular flexibility index (Phi) is 9.76. The number of carbonyl (C=O) groups excluding carboxylic acids is 2. The topological polar surface area (TPSA) is 118 Å².